The van der Waals surface area contributed by atoms with E-state index < -0.39 is 0 Å². The molecule has 0 aromatic heterocycles. The molecule has 0 spiro atoms. The summed E-state index contributed by atoms with van der Waals surface area (Å²) in [4.78, 5) is 12.2. The number of carbonyl (C=O) groups is 1. The number of aryl methyl sites for hydroxylation is 1. The number of amides is 1. The second-order valence-corrected chi connectivity index (χ2v) is 5.30. The van der Waals surface area contributed by atoms with Gasteiger partial charge in [0.05, 0.1) is 18.4 Å². The van der Waals surface area contributed by atoms with Crippen LogP contribution in [0, 0.1) is 10.5 Å². The zero-order valence-corrected chi connectivity index (χ0v) is 12.9. The van der Waals surface area contributed by atoms with E-state index in [-0.39, 0.29) is 5.91 Å². The van der Waals surface area contributed by atoms with Crippen LogP contribution in [-0.4, -0.2) is 13.0 Å². The highest BCUT2D eigenvalue weighted by Crippen LogP contribution is 2.24. The maximum Gasteiger partial charge on any atom is 0.256 e. The molecule has 0 bridgehead atoms. The summed E-state index contributed by atoms with van der Waals surface area (Å²) in [5, 5.41) is 2.87. The van der Waals surface area contributed by atoms with Crippen LogP contribution in [0.4, 0.5) is 5.69 Å². The fraction of sp³-hybridized carbons (Fsp3) is 0.133. The molecular formula is C15H14INO2. The Balaban J connectivity index is 2.26. The third-order valence-corrected chi connectivity index (χ3v) is 3.62. The van der Waals surface area contributed by atoms with Crippen LogP contribution in [0.2, 0.25) is 0 Å². The summed E-state index contributed by atoms with van der Waals surface area (Å²) in [5.74, 6) is 0.520. The minimum Gasteiger partial charge on any atom is -0.495 e. The Morgan fingerprint density at radius 3 is 2.63 bits per heavy atom. The van der Waals surface area contributed by atoms with E-state index in [2.05, 4.69) is 27.9 Å². The fourth-order valence-electron chi connectivity index (χ4n) is 1.74. The Bertz CT molecular complexity index is 611. The van der Waals surface area contributed by atoms with Crippen molar-refractivity contribution >= 4 is 34.2 Å². The summed E-state index contributed by atoms with van der Waals surface area (Å²) in [5.41, 5.74) is 2.47. The predicted octanol–water partition coefficient (Wildman–Crippen LogP) is 3.86. The number of carbonyl (C=O) groups excluding carboxylic acids is 1. The van der Waals surface area contributed by atoms with Gasteiger partial charge in [-0.25, -0.2) is 0 Å². The van der Waals surface area contributed by atoms with Gasteiger partial charge in [0, 0.05) is 3.57 Å². The molecule has 0 aliphatic carbocycles. The van der Waals surface area contributed by atoms with E-state index in [1.165, 1.54) is 0 Å². The smallest absolute Gasteiger partial charge is 0.256 e. The number of para-hydroxylation sites is 2. The molecule has 0 aliphatic heterocycles. The molecule has 19 heavy (non-hydrogen) atoms. The molecule has 2 rings (SSSR count). The Morgan fingerprint density at radius 2 is 1.95 bits per heavy atom. The van der Waals surface area contributed by atoms with E-state index in [9.17, 15) is 4.79 Å². The lowest BCUT2D eigenvalue weighted by Gasteiger charge is -2.11. The van der Waals surface area contributed by atoms with Crippen LogP contribution >= 0.6 is 22.6 Å². The Morgan fingerprint density at radius 1 is 1.21 bits per heavy atom. The predicted molar refractivity (Wildman–Crippen MR) is 84.8 cm³/mol. The third kappa shape index (κ3) is 3.26. The van der Waals surface area contributed by atoms with Crippen molar-refractivity contribution in [1.82, 2.24) is 0 Å². The molecule has 4 heteroatoms. The lowest BCUT2D eigenvalue weighted by molar-refractivity contribution is 0.102. The SMILES string of the molecule is COc1ccccc1NC(=O)c1ccc(C)cc1I. The van der Waals surface area contributed by atoms with Crippen LogP contribution in [0.3, 0.4) is 0 Å². The average molecular weight is 367 g/mol. The first-order valence-corrected chi connectivity index (χ1v) is 6.90. The average Bonchev–Trinajstić information content (AvgIpc) is 2.39. The number of nitrogens with one attached hydrogen (secondary N) is 1. The van der Waals surface area contributed by atoms with Crippen molar-refractivity contribution in [3.63, 3.8) is 0 Å². The zero-order valence-electron chi connectivity index (χ0n) is 10.7. The number of benzene rings is 2. The number of methoxy groups -OCH3 is 1. The van der Waals surface area contributed by atoms with E-state index >= 15 is 0 Å². The Labute approximate surface area is 126 Å². The molecule has 0 unspecified atom stereocenters. The summed E-state index contributed by atoms with van der Waals surface area (Å²) in [6.07, 6.45) is 0. The molecular weight excluding hydrogens is 353 g/mol. The van der Waals surface area contributed by atoms with Crippen LogP contribution in [0.1, 0.15) is 15.9 Å². The van der Waals surface area contributed by atoms with E-state index in [0.29, 0.717) is 17.0 Å². The van der Waals surface area contributed by atoms with Crippen LogP contribution in [0.5, 0.6) is 5.75 Å². The molecule has 0 fully saturated rings. The maximum atomic E-state index is 12.2. The van der Waals surface area contributed by atoms with E-state index in [1.54, 1.807) is 7.11 Å². The zero-order chi connectivity index (χ0) is 13.8. The summed E-state index contributed by atoms with van der Waals surface area (Å²) in [6.45, 7) is 2.00. The van der Waals surface area contributed by atoms with Gasteiger partial charge in [0.1, 0.15) is 5.75 Å². The van der Waals surface area contributed by atoms with Gasteiger partial charge in [-0.3, -0.25) is 4.79 Å². The molecule has 2 aromatic carbocycles. The fourth-order valence-corrected chi connectivity index (χ4v) is 2.66. The highest BCUT2D eigenvalue weighted by atomic mass is 127. The first-order chi connectivity index (χ1) is 9.11. The minimum absolute atomic E-state index is 0.131. The summed E-state index contributed by atoms with van der Waals surface area (Å²) < 4.78 is 6.15. The molecule has 0 radical (unpaired) electrons. The van der Waals surface area contributed by atoms with Gasteiger partial charge in [-0.1, -0.05) is 23.8 Å². The number of hydrogen-bond donors (Lipinski definition) is 1. The standard InChI is InChI=1S/C15H14INO2/c1-10-7-8-11(12(16)9-10)15(18)17-13-5-3-4-6-14(13)19-2/h3-9H,1-2H3,(H,17,18). The van der Waals surface area contributed by atoms with Crippen molar-refractivity contribution in [2.75, 3.05) is 12.4 Å². The molecule has 2 aromatic rings. The van der Waals surface area contributed by atoms with Gasteiger partial charge >= 0.3 is 0 Å². The molecule has 1 N–H and O–H groups in total. The van der Waals surface area contributed by atoms with Gasteiger partial charge in [0.2, 0.25) is 0 Å². The van der Waals surface area contributed by atoms with Crippen LogP contribution < -0.4 is 10.1 Å². The second-order valence-electron chi connectivity index (χ2n) is 4.14. The van der Waals surface area contributed by atoms with Gasteiger partial charge in [-0.15, -0.1) is 0 Å². The van der Waals surface area contributed by atoms with Crippen LogP contribution in [-0.2, 0) is 0 Å². The quantitative estimate of drug-likeness (QED) is 0.837. The van der Waals surface area contributed by atoms with E-state index in [0.717, 1.165) is 9.13 Å². The summed E-state index contributed by atoms with van der Waals surface area (Å²) in [7, 11) is 1.58. The normalized spacial score (nSPS) is 10.1. The molecule has 98 valence electrons. The minimum atomic E-state index is -0.131. The Hall–Kier alpha value is -1.56. The molecule has 0 heterocycles. The van der Waals surface area contributed by atoms with Gasteiger partial charge in [-0.05, 0) is 53.8 Å². The third-order valence-electron chi connectivity index (χ3n) is 2.72. The molecule has 0 atom stereocenters. The molecule has 1 amide bonds. The highest BCUT2D eigenvalue weighted by Gasteiger charge is 2.12. The second kappa shape index (κ2) is 6.06. The summed E-state index contributed by atoms with van der Waals surface area (Å²) >= 11 is 2.17. The lowest BCUT2D eigenvalue weighted by atomic mass is 10.1. The van der Waals surface area contributed by atoms with Gasteiger partial charge < -0.3 is 10.1 Å². The maximum absolute atomic E-state index is 12.2. The van der Waals surface area contributed by atoms with Crippen LogP contribution in [0.25, 0.3) is 0 Å². The topological polar surface area (TPSA) is 38.3 Å². The first kappa shape index (κ1) is 13.9. The lowest BCUT2D eigenvalue weighted by Crippen LogP contribution is -2.14. The van der Waals surface area contributed by atoms with Crippen LogP contribution in [0.15, 0.2) is 42.5 Å². The van der Waals surface area contributed by atoms with Crippen molar-refractivity contribution in [1.29, 1.82) is 0 Å². The number of halogens is 1. The number of rotatable bonds is 3. The van der Waals surface area contributed by atoms with Crippen molar-refractivity contribution in [2.45, 2.75) is 6.92 Å². The van der Waals surface area contributed by atoms with Crippen molar-refractivity contribution in [3.8, 4) is 5.75 Å². The molecule has 0 aliphatic rings. The largest absolute Gasteiger partial charge is 0.495 e. The first-order valence-electron chi connectivity index (χ1n) is 5.82. The molecule has 3 nitrogen and oxygen atoms in total. The van der Waals surface area contributed by atoms with Gasteiger partial charge in [0.25, 0.3) is 5.91 Å². The van der Waals surface area contributed by atoms with E-state index in [1.807, 2.05) is 49.4 Å². The summed E-state index contributed by atoms with van der Waals surface area (Å²) in [6, 6.07) is 13.1. The van der Waals surface area contributed by atoms with Crippen molar-refractivity contribution < 1.29 is 9.53 Å². The highest BCUT2D eigenvalue weighted by molar-refractivity contribution is 14.1. The van der Waals surface area contributed by atoms with E-state index in [4.69, 9.17) is 4.74 Å². The van der Waals surface area contributed by atoms with Crippen molar-refractivity contribution in [2.24, 2.45) is 0 Å². The monoisotopic (exact) mass is 367 g/mol. The number of anilines is 1. The van der Waals surface area contributed by atoms with Gasteiger partial charge in [0.15, 0.2) is 0 Å². The number of hydrogen-bond acceptors (Lipinski definition) is 2. The number of ether oxygens (including phenoxy) is 1. The molecule has 0 saturated heterocycles. The van der Waals surface area contributed by atoms with Gasteiger partial charge in [-0.2, -0.15) is 0 Å². The van der Waals surface area contributed by atoms with Crippen molar-refractivity contribution in [3.05, 3.63) is 57.2 Å². The Kier molecular flexibility index (Phi) is 4.42. The molecule has 0 saturated carbocycles.